The van der Waals surface area contributed by atoms with E-state index in [0.29, 0.717) is 42.6 Å². The zero-order chi connectivity index (χ0) is 24.5. The van der Waals surface area contributed by atoms with Crippen LogP contribution in [-0.2, 0) is 9.53 Å². The molecule has 0 amide bonds. The zero-order valence-corrected chi connectivity index (χ0v) is 22.2. The van der Waals surface area contributed by atoms with Gasteiger partial charge in [-0.15, -0.1) is 0 Å². The number of carbonyl (C=O) groups excluding carboxylic acids is 1. The van der Waals surface area contributed by atoms with Gasteiger partial charge in [-0.2, -0.15) is 0 Å². The van der Waals surface area contributed by atoms with E-state index in [1.165, 1.54) is 6.42 Å². The monoisotopic (exact) mass is 470 g/mol. The smallest absolute Gasteiger partial charge is 0.312 e. The molecule has 0 radical (unpaired) electrons. The van der Waals surface area contributed by atoms with E-state index in [1.54, 1.807) is 5.57 Å². The molecule has 2 heterocycles. The van der Waals surface area contributed by atoms with Crippen LogP contribution in [0.2, 0.25) is 0 Å². The first-order valence-electron chi connectivity index (χ1n) is 14.1. The number of aliphatic hydroxyl groups excluding tert-OH is 2. The second kappa shape index (κ2) is 6.91. The fraction of sp³-hybridized carbons (Fsp3) is 0.900. The molecule has 5 aliphatic carbocycles. The molecular formula is C30H46O4. The first-order chi connectivity index (χ1) is 15.8. The van der Waals surface area contributed by atoms with Crippen molar-refractivity contribution in [3.05, 3.63) is 11.6 Å². The number of aliphatic hydroxyl groups is 2. The minimum absolute atomic E-state index is 0.00231. The van der Waals surface area contributed by atoms with Gasteiger partial charge in [0, 0.05) is 0 Å². The van der Waals surface area contributed by atoms with E-state index >= 15 is 0 Å². The van der Waals surface area contributed by atoms with Gasteiger partial charge in [-0.3, -0.25) is 4.79 Å². The zero-order valence-electron chi connectivity index (χ0n) is 22.2. The molecule has 1 unspecified atom stereocenters. The molecule has 1 spiro atoms. The summed E-state index contributed by atoms with van der Waals surface area (Å²) in [5.74, 6) is 2.27. The van der Waals surface area contributed by atoms with Crippen molar-refractivity contribution in [2.24, 2.45) is 56.7 Å². The lowest BCUT2D eigenvalue weighted by atomic mass is 9.33. The summed E-state index contributed by atoms with van der Waals surface area (Å²) in [7, 11) is 0. The summed E-state index contributed by atoms with van der Waals surface area (Å²) < 4.78 is 5.88. The maximum absolute atomic E-state index is 13.4. The molecule has 190 valence electrons. The van der Waals surface area contributed by atoms with Gasteiger partial charge in [-0.05, 0) is 103 Å². The van der Waals surface area contributed by atoms with E-state index in [1.807, 2.05) is 0 Å². The molecule has 6 fully saturated rings. The predicted molar refractivity (Wildman–Crippen MR) is 132 cm³/mol. The molecule has 4 nitrogen and oxygen atoms in total. The first-order valence-corrected chi connectivity index (χ1v) is 14.1. The van der Waals surface area contributed by atoms with Gasteiger partial charge in [0.1, 0.15) is 0 Å². The largest absolute Gasteiger partial charge is 0.465 e. The molecule has 11 atom stereocenters. The standard InChI is InChI=1S/C30H46O4/c1-17-18-9-12-30(25(33)34-16-18)14-13-28(5)19(23(17)30)7-8-22-27(4)15-20(31)24(32)26(2,3)21(27)10-11-29(22,28)6/h7,17-18,20-24,31-32H,8-16H2,1-6H3/t17-,18-,20+,21?,22+,23-,24-,27-,28+,29+,30-/m0/s1. The number of fused-ring (bicyclic) bond motifs is 8. The van der Waals surface area contributed by atoms with Crippen LogP contribution in [0.15, 0.2) is 11.6 Å². The number of hydrogen-bond acceptors (Lipinski definition) is 4. The average Bonchev–Trinajstić information content (AvgIpc) is 2.98. The Morgan fingerprint density at radius 2 is 1.71 bits per heavy atom. The molecule has 2 bridgehead atoms. The van der Waals surface area contributed by atoms with Crippen LogP contribution >= 0.6 is 0 Å². The second-order valence-electron chi connectivity index (χ2n) is 14.7. The van der Waals surface area contributed by atoms with Crippen molar-refractivity contribution >= 4 is 5.97 Å². The fourth-order valence-electron chi connectivity index (χ4n) is 11.4. The van der Waals surface area contributed by atoms with E-state index in [4.69, 9.17) is 4.74 Å². The molecule has 0 aromatic heterocycles. The number of carbonyl (C=O) groups is 1. The first kappa shape index (κ1) is 23.5. The highest BCUT2D eigenvalue weighted by Gasteiger charge is 2.71. The van der Waals surface area contributed by atoms with Crippen molar-refractivity contribution in [2.75, 3.05) is 6.61 Å². The van der Waals surface area contributed by atoms with Gasteiger partial charge < -0.3 is 14.9 Å². The fourth-order valence-corrected chi connectivity index (χ4v) is 11.4. The number of rotatable bonds is 0. The third kappa shape index (κ3) is 2.51. The normalized spacial score (nSPS) is 57.8. The molecule has 7 aliphatic rings. The van der Waals surface area contributed by atoms with Crippen LogP contribution in [-0.4, -0.2) is 35.0 Å². The van der Waals surface area contributed by atoms with E-state index in [2.05, 4.69) is 47.6 Å². The quantitative estimate of drug-likeness (QED) is 0.362. The van der Waals surface area contributed by atoms with Crippen molar-refractivity contribution in [2.45, 2.75) is 105 Å². The van der Waals surface area contributed by atoms with Crippen LogP contribution < -0.4 is 0 Å². The third-order valence-corrected chi connectivity index (χ3v) is 13.5. The maximum atomic E-state index is 13.4. The summed E-state index contributed by atoms with van der Waals surface area (Å²) in [6, 6.07) is 0. The van der Waals surface area contributed by atoms with Crippen molar-refractivity contribution < 1.29 is 19.7 Å². The van der Waals surface area contributed by atoms with E-state index < -0.39 is 12.2 Å². The molecule has 4 heteroatoms. The van der Waals surface area contributed by atoms with Gasteiger partial charge in [-0.25, -0.2) is 0 Å². The van der Waals surface area contributed by atoms with Crippen molar-refractivity contribution in [3.63, 3.8) is 0 Å². The van der Waals surface area contributed by atoms with Crippen LogP contribution in [0.4, 0.5) is 0 Å². The lowest BCUT2D eigenvalue weighted by Gasteiger charge is -2.71. The number of ether oxygens (including phenoxy) is 1. The van der Waals surface area contributed by atoms with Crippen molar-refractivity contribution in [1.29, 1.82) is 0 Å². The molecule has 4 saturated carbocycles. The SMILES string of the molecule is C[C@H]1[C@H]2CC[C@@]3(CC[C@]4(C)C(=CC[C@@H]5[C@@]6(C)C[C@@H](O)[C@H](O)C(C)(C)C6CC[C@]54C)[C@H]13)C(=O)OC2. The summed E-state index contributed by atoms with van der Waals surface area (Å²) in [4.78, 5) is 13.4. The topological polar surface area (TPSA) is 66.8 Å². The summed E-state index contributed by atoms with van der Waals surface area (Å²) >= 11 is 0. The molecule has 0 aromatic rings. The lowest BCUT2D eigenvalue weighted by molar-refractivity contribution is -0.231. The number of allylic oxidation sites excluding steroid dienone is 2. The van der Waals surface area contributed by atoms with Crippen LogP contribution in [0.3, 0.4) is 0 Å². The predicted octanol–water partition coefficient (Wildman–Crippen LogP) is 5.51. The van der Waals surface area contributed by atoms with Crippen LogP contribution in [0.1, 0.15) is 92.9 Å². The second-order valence-corrected chi connectivity index (χ2v) is 14.7. The number of hydrogen-bond donors (Lipinski definition) is 2. The Kier molecular flexibility index (Phi) is 4.78. The molecule has 2 N–H and O–H groups in total. The van der Waals surface area contributed by atoms with Crippen LogP contribution in [0.25, 0.3) is 0 Å². The van der Waals surface area contributed by atoms with Gasteiger partial charge in [0.25, 0.3) is 0 Å². The minimum atomic E-state index is -0.654. The average molecular weight is 471 g/mol. The third-order valence-electron chi connectivity index (χ3n) is 13.5. The molecule has 34 heavy (non-hydrogen) atoms. The summed E-state index contributed by atoms with van der Waals surface area (Å²) in [6.45, 7) is 14.9. The Labute approximate surface area is 205 Å². The van der Waals surface area contributed by atoms with Gasteiger partial charge >= 0.3 is 5.97 Å². The highest BCUT2D eigenvalue weighted by molar-refractivity contribution is 5.79. The van der Waals surface area contributed by atoms with Gasteiger partial charge in [0.05, 0.1) is 24.2 Å². The van der Waals surface area contributed by atoms with Gasteiger partial charge in [0.15, 0.2) is 0 Å². The van der Waals surface area contributed by atoms with Gasteiger partial charge in [0.2, 0.25) is 0 Å². The molecule has 7 rings (SSSR count). The van der Waals surface area contributed by atoms with Gasteiger partial charge in [-0.1, -0.05) is 53.2 Å². The van der Waals surface area contributed by atoms with Crippen molar-refractivity contribution in [3.8, 4) is 0 Å². The molecule has 2 saturated heterocycles. The minimum Gasteiger partial charge on any atom is -0.465 e. The maximum Gasteiger partial charge on any atom is 0.312 e. The highest BCUT2D eigenvalue weighted by Crippen LogP contribution is 2.76. The van der Waals surface area contributed by atoms with Crippen LogP contribution in [0.5, 0.6) is 0 Å². The Bertz CT molecular complexity index is 938. The number of esters is 1. The molecule has 0 aromatic carbocycles. The highest BCUT2D eigenvalue weighted by atomic mass is 16.5. The van der Waals surface area contributed by atoms with Crippen molar-refractivity contribution in [1.82, 2.24) is 0 Å². The Morgan fingerprint density at radius 3 is 2.44 bits per heavy atom. The summed E-state index contributed by atoms with van der Waals surface area (Å²) in [5, 5.41) is 21.9. The van der Waals surface area contributed by atoms with E-state index in [0.717, 1.165) is 38.5 Å². The van der Waals surface area contributed by atoms with E-state index in [9.17, 15) is 15.0 Å². The van der Waals surface area contributed by atoms with E-state index in [-0.39, 0.29) is 33.0 Å². The van der Waals surface area contributed by atoms with Crippen LogP contribution in [0, 0.1) is 56.7 Å². The lowest BCUT2D eigenvalue weighted by Crippen LogP contribution is -2.67. The molecular weight excluding hydrogens is 424 g/mol. The summed E-state index contributed by atoms with van der Waals surface area (Å²) in [5.41, 5.74) is 1.19. The summed E-state index contributed by atoms with van der Waals surface area (Å²) in [6.07, 6.45) is 9.41. The Morgan fingerprint density at radius 1 is 0.971 bits per heavy atom. The Balaban J connectivity index is 1.46. The Hall–Kier alpha value is -0.870. The molecule has 2 aliphatic heterocycles.